The largest absolute Gasteiger partial charge is 0.408 e. The van der Waals surface area contributed by atoms with Crippen LogP contribution in [0, 0.1) is 0 Å². The van der Waals surface area contributed by atoms with Crippen molar-refractivity contribution < 1.29 is 13.6 Å². The maximum Gasteiger partial charge on any atom is 0.408 e. The Labute approximate surface area is 84.1 Å². The molecule has 0 aromatic carbocycles. The van der Waals surface area contributed by atoms with Gasteiger partial charge in [0.05, 0.1) is 13.2 Å². The van der Waals surface area contributed by atoms with Gasteiger partial charge in [0.25, 0.3) is 0 Å². The number of nitrogens with two attached hydrogens (primary N) is 1. The summed E-state index contributed by atoms with van der Waals surface area (Å²) in [6, 6.07) is 0.239. The summed E-state index contributed by atoms with van der Waals surface area (Å²) < 4.78 is 24.5. The van der Waals surface area contributed by atoms with E-state index in [-0.39, 0.29) is 6.04 Å². The zero-order valence-electron chi connectivity index (χ0n) is 8.22. The first-order valence-corrected chi connectivity index (χ1v) is 6.60. The molecule has 0 spiro atoms. The van der Waals surface area contributed by atoms with Crippen LogP contribution in [0.4, 0.5) is 0 Å². The number of nitrogens with zero attached hydrogens (tertiary/aromatic N) is 1. The van der Waals surface area contributed by atoms with Crippen LogP contribution >= 0.6 is 7.75 Å². The molecule has 0 saturated carbocycles. The predicted octanol–water partition coefficient (Wildman–Crippen LogP) is 0.954. The van der Waals surface area contributed by atoms with E-state index in [4.69, 9.17) is 14.8 Å². The average molecular weight is 220 g/mol. The molecule has 2 saturated heterocycles. The lowest BCUT2D eigenvalue weighted by atomic mass is 10.1. The van der Waals surface area contributed by atoms with E-state index >= 15 is 0 Å². The summed E-state index contributed by atoms with van der Waals surface area (Å²) in [5, 5.41) is 0. The molecule has 0 unspecified atom stereocenters. The summed E-state index contributed by atoms with van der Waals surface area (Å²) in [5.74, 6) is 0. The minimum Gasteiger partial charge on any atom is -0.328 e. The lowest BCUT2D eigenvalue weighted by Gasteiger charge is -2.36. The van der Waals surface area contributed by atoms with Crippen LogP contribution in [0.25, 0.3) is 0 Å². The number of hydrogen-bond donors (Lipinski definition) is 1. The van der Waals surface area contributed by atoms with Crippen LogP contribution < -0.4 is 5.73 Å². The maximum absolute atomic E-state index is 12.1. The van der Waals surface area contributed by atoms with Gasteiger partial charge >= 0.3 is 7.75 Å². The molecule has 2 rings (SSSR count). The Morgan fingerprint density at radius 2 is 1.79 bits per heavy atom. The molecule has 0 radical (unpaired) electrons. The first kappa shape index (κ1) is 10.6. The van der Waals surface area contributed by atoms with E-state index in [0.717, 1.165) is 32.4 Å². The number of hydrogen-bond acceptors (Lipinski definition) is 4. The van der Waals surface area contributed by atoms with Gasteiger partial charge in [-0.25, -0.2) is 9.24 Å². The van der Waals surface area contributed by atoms with E-state index in [1.165, 1.54) is 0 Å². The molecule has 0 amide bonds. The lowest BCUT2D eigenvalue weighted by Crippen LogP contribution is -2.39. The second-order valence-corrected chi connectivity index (χ2v) is 5.80. The molecule has 2 aliphatic heterocycles. The Morgan fingerprint density at radius 3 is 2.36 bits per heavy atom. The molecule has 0 bridgehead atoms. The van der Waals surface area contributed by atoms with Crippen molar-refractivity contribution in [2.75, 3.05) is 26.3 Å². The van der Waals surface area contributed by atoms with E-state index in [1.807, 2.05) is 4.67 Å². The molecule has 5 nitrogen and oxygen atoms in total. The van der Waals surface area contributed by atoms with Gasteiger partial charge in [0, 0.05) is 19.1 Å². The van der Waals surface area contributed by atoms with Crippen LogP contribution in [0.1, 0.15) is 19.3 Å². The van der Waals surface area contributed by atoms with E-state index in [9.17, 15) is 4.57 Å². The van der Waals surface area contributed by atoms with Crippen LogP contribution in [-0.2, 0) is 13.6 Å². The highest BCUT2D eigenvalue weighted by molar-refractivity contribution is 7.51. The highest BCUT2D eigenvalue weighted by Crippen LogP contribution is 2.54. The minimum atomic E-state index is -2.94. The molecule has 82 valence electrons. The third-order valence-corrected chi connectivity index (χ3v) is 4.77. The van der Waals surface area contributed by atoms with Gasteiger partial charge in [-0.2, -0.15) is 0 Å². The Hall–Kier alpha value is 0.0700. The highest BCUT2D eigenvalue weighted by Gasteiger charge is 2.37. The van der Waals surface area contributed by atoms with Gasteiger partial charge in [-0.3, -0.25) is 9.05 Å². The van der Waals surface area contributed by atoms with Crippen LogP contribution in [0.2, 0.25) is 0 Å². The predicted molar refractivity (Wildman–Crippen MR) is 52.9 cm³/mol. The standard InChI is InChI=1S/C8H17N2O3P/c9-8-2-4-10(5-3-8)14(11)12-6-1-7-13-14/h8H,1-7,9H2. The van der Waals surface area contributed by atoms with Gasteiger partial charge in [-0.1, -0.05) is 0 Å². The second-order valence-electron chi connectivity index (χ2n) is 3.78. The molecule has 0 aromatic rings. The first-order chi connectivity index (χ1) is 6.71. The molecule has 0 aliphatic carbocycles. The molecular formula is C8H17N2O3P. The summed E-state index contributed by atoms with van der Waals surface area (Å²) in [6.07, 6.45) is 2.57. The Kier molecular flexibility index (Phi) is 3.24. The third kappa shape index (κ3) is 2.18. The van der Waals surface area contributed by atoms with Crippen molar-refractivity contribution in [3.05, 3.63) is 0 Å². The summed E-state index contributed by atoms with van der Waals surface area (Å²) in [4.78, 5) is 0. The fraction of sp³-hybridized carbons (Fsp3) is 1.00. The van der Waals surface area contributed by atoms with Gasteiger partial charge < -0.3 is 5.73 Å². The summed E-state index contributed by atoms with van der Waals surface area (Å²) in [6.45, 7) is 2.52. The molecule has 14 heavy (non-hydrogen) atoms. The third-order valence-electron chi connectivity index (χ3n) is 2.66. The topological polar surface area (TPSA) is 64.8 Å². The van der Waals surface area contributed by atoms with Crippen molar-refractivity contribution in [2.24, 2.45) is 5.73 Å². The molecule has 2 fully saturated rings. The molecule has 2 N–H and O–H groups in total. The van der Waals surface area contributed by atoms with Crippen molar-refractivity contribution in [2.45, 2.75) is 25.3 Å². The SMILES string of the molecule is NC1CCN(P2(=O)OCCCO2)CC1. The van der Waals surface area contributed by atoms with Gasteiger partial charge in [-0.05, 0) is 19.3 Å². The van der Waals surface area contributed by atoms with Crippen LogP contribution in [0.5, 0.6) is 0 Å². The van der Waals surface area contributed by atoms with Crippen molar-refractivity contribution in [1.29, 1.82) is 0 Å². The van der Waals surface area contributed by atoms with Gasteiger partial charge in [0.1, 0.15) is 0 Å². The maximum atomic E-state index is 12.1. The van der Waals surface area contributed by atoms with E-state index in [1.54, 1.807) is 0 Å². The molecule has 0 aromatic heterocycles. The lowest BCUT2D eigenvalue weighted by molar-refractivity contribution is 0.102. The monoisotopic (exact) mass is 220 g/mol. The van der Waals surface area contributed by atoms with E-state index in [2.05, 4.69) is 0 Å². The molecule has 2 aliphatic rings. The van der Waals surface area contributed by atoms with E-state index < -0.39 is 7.75 Å². The van der Waals surface area contributed by atoms with Crippen LogP contribution in [-0.4, -0.2) is 37.0 Å². The quantitative estimate of drug-likeness (QED) is 0.666. The normalized spacial score (nSPS) is 30.4. The van der Waals surface area contributed by atoms with Crippen molar-refractivity contribution in [3.63, 3.8) is 0 Å². The fourth-order valence-corrected chi connectivity index (χ4v) is 3.59. The minimum absolute atomic E-state index is 0.239. The van der Waals surface area contributed by atoms with Gasteiger partial charge in [0.2, 0.25) is 0 Å². The summed E-state index contributed by atoms with van der Waals surface area (Å²) in [5.41, 5.74) is 5.77. The van der Waals surface area contributed by atoms with Crippen molar-refractivity contribution in [1.82, 2.24) is 4.67 Å². The van der Waals surface area contributed by atoms with Gasteiger partial charge in [0.15, 0.2) is 0 Å². The second kappa shape index (κ2) is 4.29. The Bertz CT molecular complexity index is 231. The summed E-state index contributed by atoms with van der Waals surface area (Å²) >= 11 is 0. The highest BCUT2D eigenvalue weighted by atomic mass is 31.2. The van der Waals surface area contributed by atoms with Crippen molar-refractivity contribution >= 4 is 7.75 Å². The zero-order valence-corrected chi connectivity index (χ0v) is 9.12. The molecule has 2 heterocycles. The van der Waals surface area contributed by atoms with Crippen LogP contribution in [0.15, 0.2) is 0 Å². The molecule has 0 atom stereocenters. The smallest absolute Gasteiger partial charge is 0.328 e. The van der Waals surface area contributed by atoms with Crippen molar-refractivity contribution in [3.8, 4) is 0 Å². The average Bonchev–Trinajstić information content (AvgIpc) is 2.19. The molecule has 6 heteroatoms. The summed E-state index contributed by atoms with van der Waals surface area (Å²) in [7, 11) is -2.94. The fourth-order valence-electron chi connectivity index (χ4n) is 1.75. The van der Waals surface area contributed by atoms with E-state index in [0.29, 0.717) is 13.2 Å². The number of piperidine rings is 1. The Morgan fingerprint density at radius 1 is 1.21 bits per heavy atom. The Balaban J connectivity index is 1.96. The molecular weight excluding hydrogens is 203 g/mol. The van der Waals surface area contributed by atoms with Gasteiger partial charge in [-0.15, -0.1) is 0 Å². The first-order valence-electron chi connectivity index (χ1n) is 5.11. The van der Waals surface area contributed by atoms with Crippen LogP contribution in [0.3, 0.4) is 0 Å². The number of rotatable bonds is 1. The zero-order chi connectivity index (χ0) is 10.0.